The van der Waals surface area contributed by atoms with E-state index in [4.69, 9.17) is 0 Å². The first-order valence-electron chi connectivity index (χ1n) is 6.86. The summed E-state index contributed by atoms with van der Waals surface area (Å²) >= 11 is 1.98. The molecule has 0 saturated carbocycles. The van der Waals surface area contributed by atoms with Crippen molar-refractivity contribution < 1.29 is 0 Å². The molecular formula is C18H16S. The van der Waals surface area contributed by atoms with Gasteiger partial charge < -0.3 is 0 Å². The molecule has 0 spiro atoms. The third-order valence-corrected chi connectivity index (χ3v) is 5.42. The summed E-state index contributed by atoms with van der Waals surface area (Å²) in [4.78, 5) is 2.98. The number of rotatable bonds is 0. The van der Waals surface area contributed by atoms with E-state index in [1.54, 1.807) is 4.91 Å². The molecule has 2 aromatic rings. The molecule has 2 aromatic carbocycles. The van der Waals surface area contributed by atoms with Crippen LogP contribution in [0.5, 0.6) is 0 Å². The molecule has 94 valence electrons. The largest absolute Gasteiger partial charge is 0.0932 e. The van der Waals surface area contributed by atoms with Crippen LogP contribution >= 0.6 is 11.8 Å². The van der Waals surface area contributed by atoms with Crippen molar-refractivity contribution >= 4 is 28.1 Å². The highest BCUT2D eigenvalue weighted by Gasteiger charge is 2.22. The molecule has 0 N–H and O–H groups in total. The molecule has 19 heavy (non-hydrogen) atoms. The average Bonchev–Trinajstić information content (AvgIpc) is 2.43. The van der Waals surface area contributed by atoms with Gasteiger partial charge in [0, 0.05) is 10.3 Å². The van der Waals surface area contributed by atoms with Crippen molar-refractivity contribution in [1.29, 1.82) is 0 Å². The van der Waals surface area contributed by atoms with Gasteiger partial charge in [-0.05, 0) is 65.3 Å². The summed E-state index contributed by atoms with van der Waals surface area (Å²) < 4.78 is 0. The van der Waals surface area contributed by atoms with Gasteiger partial charge in [0.1, 0.15) is 0 Å². The lowest BCUT2D eigenvalue weighted by atomic mass is 9.90. The van der Waals surface area contributed by atoms with Gasteiger partial charge in [0.15, 0.2) is 0 Å². The highest BCUT2D eigenvalue weighted by molar-refractivity contribution is 8.03. The minimum atomic E-state index is 1.18. The van der Waals surface area contributed by atoms with Crippen LogP contribution in [0.1, 0.15) is 29.5 Å². The highest BCUT2D eigenvalue weighted by Crippen LogP contribution is 2.49. The van der Waals surface area contributed by atoms with Gasteiger partial charge in [0.2, 0.25) is 0 Å². The molecule has 2 aliphatic rings. The second kappa shape index (κ2) is 4.01. The maximum Gasteiger partial charge on any atom is 0.0204 e. The molecule has 0 amide bonds. The minimum Gasteiger partial charge on any atom is -0.0932 e. The normalized spacial score (nSPS) is 16.9. The number of fused-ring (bicyclic) bond motifs is 1. The van der Waals surface area contributed by atoms with E-state index < -0.39 is 0 Å². The van der Waals surface area contributed by atoms with Crippen LogP contribution in [0.2, 0.25) is 0 Å². The number of benzene rings is 2. The lowest BCUT2D eigenvalue weighted by Crippen LogP contribution is -2.00. The Balaban J connectivity index is 2.16. The van der Waals surface area contributed by atoms with Crippen LogP contribution in [0.25, 0.3) is 16.3 Å². The Morgan fingerprint density at radius 1 is 0.947 bits per heavy atom. The summed E-state index contributed by atoms with van der Waals surface area (Å²) in [5, 5.41) is 2.92. The summed E-state index contributed by atoms with van der Waals surface area (Å²) in [6.45, 7) is 4.45. The lowest BCUT2D eigenvalue weighted by Gasteiger charge is -2.25. The summed E-state index contributed by atoms with van der Waals surface area (Å²) in [5.41, 5.74) is 5.67. The molecular weight excluding hydrogens is 248 g/mol. The summed E-state index contributed by atoms with van der Waals surface area (Å²) in [7, 11) is 0. The molecule has 4 rings (SSSR count). The standard InChI is InChI=1S/C18H16S/c1-11-7-9-14-13-5-3-4-6-15(13)19-16-10-8-12(2)17(11)18(14)16/h3,5,7-10H,4,6H2,1-2H3. The molecule has 0 radical (unpaired) electrons. The van der Waals surface area contributed by atoms with Gasteiger partial charge in [-0.1, -0.05) is 42.1 Å². The van der Waals surface area contributed by atoms with Crippen LogP contribution in [-0.2, 0) is 0 Å². The van der Waals surface area contributed by atoms with E-state index in [0.717, 1.165) is 0 Å². The van der Waals surface area contributed by atoms with Gasteiger partial charge in [-0.15, -0.1) is 0 Å². The van der Waals surface area contributed by atoms with Crippen molar-refractivity contribution in [3.05, 3.63) is 58.0 Å². The fourth-order valence-corrected chi connectivity index (χ4v) is 4.49. The van der Waals surface area contributed by atoms with Crippen LogP contribution in [0.15, 0.2) is 46.2 Å². The van der Waals surface area contributed by atoms with Crippen LogP contribution in [0.3, 0.4) is 0 Å². The van der Waals surface area contributed by atoms with Crippen LogP contribution in [0.4, 0.5) is 0 Å². The zero-order chi connectivity index (χ0) is 13.0. The Morgan fingerprint density at radius 2 is 1.74 bits per heavy atom. The number of hydrogen-bond acceptors (Lipinski definition) is 1. The fourth-order valence-electron chi connectivity index (χ4n) is 3.27. The average molecular weight is 264 g/mol. The van der Waals surface area contributed by atoms with Crippen molar-refractivity contribution in [3.8, 4) is 0 Å². The first kappa shape index (κ1) is 11.4. The van der Waals surface area contributed by atoms with Crippen molar-refractivity contribution in [2.24, 2.45) is 0 Å². The molecule has 1 heterocycles. The van der Waals surface area contributed by atoms with E-state index in [0.29, 0.717) is 0 Å². The van der Waals surface area contributed by atoms with E-state index in [9.17, 15) is 0 Å². The Bertz CT molecular complexity index is 755. The van der Waals surface area contributed by atoms with Crippen molar-refractivity contribution in [1.82, 2.24) is 0 Å². The third-order valence-electron chi connectivity index (χ3n) is 4.19. The Hall–Kier alpha value is -1.47. The fraction of sp³-hybridized carbons (Fsp3) is 0.222. The molecule has 0 unspecified atom stereocenters. The van der Waals surface area contributed by atoms with Crippen LogP contribution < -0.4 is 0 Å². The molecule has 1 aliphatic heterocycles. The Kier molecular flexibility index (Phi) is 2.40. The van der Waals surface area contributed by atoms with E-state index in [1.165, 1.54) is 50.8 Å². The van der Waals surface area contributed by atoms with Gasteiger partial charge in [0.25, 0.3) is 0 Å². The molecule has 0 saturated heterocycles. The monoisotopic (exact) mass is 264 g/mol. The summed E-state index contributed by atoms with van der Waals surface area (Å²) in [6.07, 6.45) is 7.01. The van der Waals surface area contributed by atoms with Gasteiger partial charge in [-0.3, -0.25) is 0 Å². The molecule has 0 fully saturated rings. The molecule has 0 atom stereocenters. The minimum absolute atomic E-state index is 1.18. The van der Waals surface area contributed by atoms with Gasteiger partial charge in [-0.25, -0.2) is 0 Å². The molecule has 1 heteroatoms. The molecule has 0 nitrogen and oxygen atoms in total. The summed E-state index contributed by atoms with van der Waals surface area (Å²) in [5.74, 6) is 0. The maximum atomic E-state index is 2.32. The van der Waals surface area contributed by atoms with Gasteiger partial charge >= 0.3 is 0 Å². The first-order chi connectivity index (χ1) is 9.25. The third kappa shape index (κ3) is 1.54. The van der Waals surface area contributed by atoms with Gasteiger partial charge in [0.05, 0.1) is 0 Å². The van der Waals surface area contributed by atoms with Gasteiger partial charge in [-0.2, -0.15) is 0 Å². The van der Waals surface area contributed by atoms with Crippen LogP contribution in [-0.4, -0.2) is 0 Å². The smallest absolute Gasteiger partial charge is 0.0204 e. The molecule has 0 bridgehead atoms. The Labute approximate surface area is 118 Å². The van der Waals surface area contributed by atoms with Crippen molar-refractivity contribution in [3.63, 3.8) is 0 Å². The number of hydrogen-bond donors (Lipinski definition) is 0. The SMILES string of the molecule is Cc1ccc2c3c(ccc(C)c13)C1=C(CCC=C1)S2. The molecule has 1 aliphatic carbocycles. The number of aryl methyl sites for hydroxylation is 2. The zero-order valence-corrected chi connectivity index (χ0v) is 12.1. The first-order valence-corrected chi connectivity index (χ1v) is 7.68. The number of allylic oxidation sites excluding steroid dienone is 4. The maximum absolute atomic E-state index is 2.32. The quantitative estimate of drug-likeness (QED) is 0.594. The van der Waals surface area contributed by atoms with Crippen molar-refractivity contribution in [2.75, 3.05) is 0 Å². The predicted octanol–water partition coefficient (Wildman–Crippen LogP) is 5.62. The highest BCUT2D eigenvalue weighted by atomic mass is 32.2. The molecule has 0 aromatic heterocycles. The topological polar surface area (TPSA) is 0 Å². The van der Waals surface area contributed by atoms with Crippen molar-refractivity contribution in [2.45, 2.75) is 31.6 Å². The lowest BCUT2D eigenvalue weighted by molar-refractivity contribution is 1.02. The van der Waals surface area contributed by atoms with E-state index in [1.807, 2.05) is 11.8 Å². The number of thioether (sulfide) groups is 1. The van der Waals surface area contributed by atoms with E-state index in [2.05, 4.69) is 50.3 Å². The zero-order valence-electron chi connectivity index (χ0n) is 11.3. The second-order valence-electron chi connectivity index (χ2n) is 5.44. The van der Waals surface area contributed by atoms with E-state index in [-0.39, 0.29) is 0 Å². The summed E-state index contributed by atoms with van der Waals surface area (Å²) in [6, 6.07) is 9.15. The van der Waals surface area contributed by atoms with E-state index >= 15 is 0 Å². The van der Waals surface area contributed by atoms with Crippen LogP contribution in [0, 0.1) is 13.8 Å². The second-order valence-corrected chi connectivity index (χ2v) is 6.58. The predicted molar refractivity (Wildman–Crippen MR) is 84.6 cm³/mol. The Morgan fingerprint density at radius 3 is 2.58 bits per heavy atom.